The number of amides is 2. The zero-order valence-electron chi connectivity index (χ0n) is 18.9. The van der Waals surface area contributed by atoms with Gasteiger partial charge in [0, 0.05) is 12.1 Å². The molecule has 0 spiro atoms. The van der Waals surface area contributed by atoms with Crippen molar-refractivity contribution >= 4 is 34.8 Å². The Hall–Kier alpha value is -4.94. The molecule has 3 heterocycles. The summed E-state index contributed by atoms with van der Waals surface area (Å²) in [5.74, 6) is -1.09. The van der Waals surface area contributed by atoms with Crippen molar-refractivity contribution in [3.05, 3.63) is 71.9 Å². The zero-order valence-corrected chi connectivity index (χ0v) is 18.9. The van der Waals surface area contributed by atoms with Gasteiger partial charge in [0.2, 0.25) is 5.95 Å². The highest BCUT2D eigenvalue weighted by Gasteiger charge is 2.32. The highest BCUT2D eigenvalue weighted by Crippen LogP contribution is 2.32. The molecule has 10 nitrogen and oxygen atoms in total. The van der Waals surface area contributed by atoms with Crippen LogP contribution in [0.4, 0.5) is 19.1 Å². The highest BCUT2D eigenvalue weighted by molar-refractivity contribution is 6.12. The first-order chi connectivity index (χ1) is 17.8. The van der Waals surface area contributed by atoms with E-state index in [0.29, 0.717) is 30.1 Å². The van der Waals surface area contributed by atoms with E-state index >= 15 is 0 Å². The SMILES string of the molecule is O=C(Nc1nc2c(C(=O)NC3=NCCN3)cccc2[nH]1)c1cccc(-c2ccccc2OC(F)(F)F)n1. The first-order valence-electron chi connectivity index (χ1n) is 11.0. The number of hydrogen-bond donors (Lipinski definition) is 4. The summed E-state index contributed by atoms with van der Waals surface area (Å²) in [6, 6.07) is 14.8. The molecule has 0 fully saturated rings. The second kappa shape index (κ2) is 9.60. The fourth-order valence-electron chi connectivity index (χ4n) is 3.71. The quantitative estimate of drug-likeness (QED) is 0.326. The Bertz CT molecular complexity index is 1530. The van der Waals surface area contributed by atoms with Crippen LogP contribution in [0.1, 0.15) is 20.8 Å². The monoisotopic (exact) mass is 509 g/mol. The molecule has 0 saturated heterocycles. The van der Waals surface area contributed by atoms with Gasteiger partial charge in [-0.15, -0.1) is 13.2 Å². The molecular weight excluding hydrogens is 491 g/mol. The van der Waals surface area contributed by atoms with Crippen LogP contribution < -0.4 is 20.7 Å². The third-order valence-corrected chi connectivity index (χ3v) is 5.27. The van der Waals surface area contributed by atoms with Gasteiger partial charge in [-0.2, -0.15) is 0 Å². The maximum Gasteiger partial charge on any atom is 0.573 e. The molecule has 13 heteroatoms. The number of alkyl halides is 3. The molecule has 0 bridgehead atoms. The average molecular weight is 509 g/mol. The number of nitrogens with zero attached hydrogens (tertiary/aromatic N) is 3. The van der Waals surface area contributed by atoms with Crippen LogP contribution in [0.2, 0.25) is 0 Å². The third kappa shape index (κ3) is 5.34. The fourth-order valence-corrected chi connectivity index (χ4v) is 3.71. The Balaban J connectivity index is 1.38. The topological polar surface area (TPSA) is 133 Å². The number of ether oxygens (including phenoxy) is 1. The van der Waals surface area contributed by atoms with E-state index in [2.05, 4.69) is 40.6 Å². The van der Waals surface area contributed by atoms with E-state index in [1.165, 1.54) is 36.4 Å². The first-order valence-corrected chi connectivity index (χ1v) is 11.0. The Morgan fingerprint density at radius 1 is 0.919 bits per heavy atom. The summed E-state index contributed by atoms with van der Waals surface area (Å²) in [4.78, 5) is 41.2. The van der Waals surface area contributed by atoms with Crippen molar-refractivity contribution in [2.24, 2.45) is 4.99 Å². The van der Waals surface area contributed by atoms with Crippen molar-refractivity contribution < 1.29 is 27.5 Å². The molecule has 2 amide bonds. The van der Waals surface area contributed by atoms with Crippen LogP contribution in [-0.4, -0.2) is 52.2 Å². The van der Waals surface area contributed by atoms with Crippen LogP contribution >= 0.6 is 0 Å². The number of guanidine groups is 1. The number of aliphatic imine (C=N–C) groups is 1. The molecule has 4 aromatic rings. The van der Waals surface area contributed by atoms with Crippen molar-refractivity contribution in [3.63, 3.8) is 0 Å². The van der Waals surface area contributed by atoms with Crippen molar-refractivity contribution in [1.82, 2.24) is 25.6 Å². The Morgan fingerprint density at radius 2 is 1.73 bits per heavy atom. The van der Waals surface area contributed by atoms with E-state index in [-0.39, 0.29) is 28.5 Å². The molecule has 0 radical (unpaired) electrons. The molecule has 0 aliphatic carbocycles. The Morgan fingerprint density at radius 3 is 2.51 bits per heavy atom. The molecular formula is C24H18F3N7O3. The molecule has 2 aromatic carbocycles. The number of pyridine rings is 1. The molecule has 4 N–H and O–H groups in total. The largest absolute Gasteiger partial charge is 0.573 e. The number of carbonyl (C=O) groups excluding carboxylic acids is 2. The second-order valence-electron chi connectivity index (χ2n) is 7.80. The van der Waals surface area contributed by atoms with E-state index in [0.717, 1.165) is 6.07 Å². The van der Waals surface area contributed by atoms with E-state index in [1.54, 1.807) is 18.2 Å². The van der Waals surface area contributed by atoms with E-state index in [1.807, 2.05) is 0 Å². The van der Waals surface area contributed by atoms with Gasteiger partial charge < -0.3 is 15.0 Å². The van der Waals surface area contributed by atoms with Crippen molar-refractivity contribution in [1.29, 1.82) is 0 Å². The molecule has 37 heavy (non-hydrogen) atoms. The van der Waals surface area contributed by atoms with Gasteiger partial charge in [-0.25, -0.2) is 9.97 Å². The molecule has 1 aliphatic rings. The van der Waals surface area contributed by atoms with Crippen molar-refractivity contribution in [2.45, 2.75) is 6.36 Å². The van der Waals surface area contributed by atoms with Gasteiger partial charge in [0.25, 0.3) is 11.8 Å². The lowest BCUT2D eigenvalue weighted by Gasteiger charge is -2.13. The molecule has 5 rings (SSSR count). The Kier molecular flexibility index (Phi) is 6.17. The number of rotatable bonds is 5. The highest BCUT2D eigenvalue weighted by atomic mass is 19.4. The lowest BCUT2D eigenvalue weighted by molar-refractivity contribution is -0.274. The minimum absolute atomic E-state index is 0.0598. The van der Waals surface area contributed by atoms with Crippen LogP contribution in [0.5, 0.6) is 5.75 Å². The normalized spacial score (nSPS) is 13.1. The standard InChI is InChI=1S/C24H18F3N7O3/c25-24(26,27)37-18-10-2-1-5-13(18)15-7-4-9-17(30-15)21(36)34-23-31-16-8-3-6-14(19(16)32-23)20(35)33-22-28-11-12-29-22/h1-10H,11-12H2,(H2,28,29,33,35)(H2,31,32,34,36). The smallest absolute Gasteiger partial charge is 0.405 e. The van der Waals surface area contributed by atoms with Crippen molar-refractivity contribution in [2.75, 3.05) is 18.4 Å². The number of aromatic amines is 1. The number of hydrogen-bond acceptors (Lipinski definition) is 7. The van der Waals surface area contributed by atoms with E-state index < -0.39 is 23.9 Å². The predicted octanol–water partition coefficient (Wildman–Crippen LogP) is 3.46. The van der Waals surface area contributed by atoms with Gasteiger partial charge in [-0.05, 0) is 36.4 Å². The minimum atomic E-state index is -4.89. The maximum absolute atomic E-state index is 12.9. The average Bonchev–Trinajstić information content (AvgIpc) is 3.52. The minimum Gasteiger partial charge on any atom is -0.405 e. The van der Waals surface area contributed by atoms with Crippen LogP contribution in [-0.2, 0) is 0 Å². The molecule has 0 saturated carbocycles. The number of carbonyl (C=O) groups is 2. The summed E-state index contributed by atoms with van der Waals surface area (Å²) in [7, 11) is 0. The number of anilines is 1. The first kappa shape index (κ1) is 23.8. The van der Waals surface area contributed by atoms with Gasteiger partial charge in [-0.3, -0.25) is 25.2 Å². The lowest BCUT2D eigenvalue weighted by atomic mass is 10.1. The number of halogens is 3. The zero-order chi connectivity index (χ0) is 26.0. The summed E-state index contributed by atoms with van der Waals surface area (Å²) < 4.78 is 42.5. The summed E-state index contributed by atoms with van der Waals surface area (Å²) in [5, 5.41) is 8.19. The number of benzene rings is 2. The molecule has 2 aromatic heterocycles. The second-order valence-corrected chi connectivity index (χ2v) is 7.80. The molecule has 1 aliphatic heterocycles. The van der Waals surface area contributed by atoms with Gasteiger partial charge in [0.15, 0.2) is 5.96 Å². The number of fused-ring (bicyclic) bond motifs is 1. The summed E-state index contributed by atoms with van der Waals surface area (Å²) in [5.41, 5.74) is 1.21. The van der Waals surface area contributed by atoms with Crippen molar-refractivity contribution in [3.8, 4) is 17.0 Å². The maximum atomic E-state index is 12.9. The van der Waals surface area contributed by atoms with Gasteiger partial charge in [0.05, 0.1) is 23.3 Å². The molecule has 0 unspecified atom stereocenters. The predicted molar refractivity (Wildman–Crippen MR) is 128 cm³/mol. The van der Waals surface area contributed by atoms with Crippen LogP contribution in [0.15, 0.2) is 65.7 Å². The van der Waals surface area contributed by atoms with Gasteiger partial charge in [0.1, 0.15) is 17.0 Å². The molecule has 0 atom stereocenters. The summed E-state index contributed by atoms with van der Waals surface area (Å²) in [6.07, 6.45) is -4.89. The van der Waals surface area contributed by atoms with Crippen LogP contribution in [0.25, 0.3) is 22.3 Å². The summed E-state index contributed by atoms with van der Waals surface area (Å²) >= 11 is 0. The fraction of sp³-hybridized carbons (Fsp3) is 0.125. The molecule has 188 valence electrons. The van der Waals surface area contributed by atoms with E-state index in [4.69, 9.17) is 0 Å². The Labute approximate surface area is 207 Å². The van der Waals surface area contributed by atoms with E-state index in [9.17, 15) is 22.8 Å². The van der Waals surface area contributed by atoms with Gasteiger partial charge >= 0.3 is 6.36 Å². The van der Waals surface area contributed by atoms with Gasteiger partial charge in [-0.1, -0.05) is 24.3 Å². The van der Waals surface area contributed by atoms with Crippen LogP contribution in [0, 0.1) is 0 Å². The lowest BCUT2D eigenvalue weighted by Crippen LogP contribution is -2.38. The number of H-pyrrole nitrogens is 1. The summed E-state index contributed by atoms with van der Waals surface area (Å²) in [6.45, 7) is 1.20. The van der Waals surface area contributed by atoms with Crippen LogP contribution in [0.3, 0.4) is 0 Å². The number of nitrogens with one attached hydrogen (secondary N) is 4. The number of para-hydroxylation sites is 2. The number of imidazole rings is 1. The number of aromatic nitrogens is 3. The third-order valence-electron chi connectivity index (χ3n) is 5.27.